The number of ether oxygens (including phenoxy) is 6. The predicted molar refractivity (Wildman–Crippen MR) is 294 cm³/mol. The molecule has 2 N–H and O–H groups in total. The molecule has 0 saturated heterocycles. The highest BCUT2D eigenvalue weighted by Gasteiger charge is 2.19. The van der Waals surface area contributed by atoms with Gasteiger partial charge in [-0.05, 0) is 28.9 Å². The number of thiazole rings is 4. The van der Waals surface area contributed by atoms with E-state index in [2.05, 4.69) is 70.8 Å². The highest BCUT2D eigenvalue weighted by molar-refractivity contribution is 9.10. The first-order chi connectivity index (χ1) is 37.8. The van der Waals surface area contributed by atoms with Gasteiger partial charge in [-0.1, -0.05) is 45.3 Å². The number of carbonyl (C=O) groups is 4. The van der Waals surface area contributed by atoms with E-state index in [0.29, 0.717) is 61.6 Å². The number of nitrogens with one attached hydrogen (secondary N) is 1. The number of carboxylic acids is 1. The molecule has 0 saturated carbocycles. The summed E-state index contributed by atoms with van der Waals surface area (Å²) in [5, 5.41) is 11.6. The number of methoxy groups -OCH3 is 5. The van der Waals surface area contributed by atoms with Crippen molar-refractivity contribution in [2.24, 2.45) is 0 Å². The molecule has 0 unspecified atom stereocenters. The largest absolute Gasteiger partial charge is 0.495 e. The molecule has 78 heavy (non-hydrogen) atoms. The smallest absolute Gasteiger partial charge is 0.358 e. The fraction of sp³-hybridized carbons (Fsp3) is 0.146. The van der Waals surface area contributed by atoms with Gasteiger partial charge in [-0.2, -0.15) is 0 Å². The first-order valence-electron chi connectivity index (χ1n) is 22.5. The number of hydrogen-bond donors (Lipinski definition) is 2. The Morgan fingerprint density at radius 3 is 1.37 bits per heavy atom. The van der Waals surface area contributed by atoms with E-state index >= 15 is 0 Å². The minimum Gasteiger partial charge on any atom is -0.495 e. The van der Waals surface area contributed by atoms with E-state index in [1.807, 2.05) is 31.4 Å². The van der Waals surface area contributed by atoms with Crippen LogP contribution in [0.25, 0.3) is 61.2 Å². The summed E-state index contributed by atoms with van der Waals surface area (Å²) < 4.78 is 38.2. The lowest BCUT2D eigenvalue weighted by Gasteiger charge is -2.04. The van der Waals surface area contributed by atoms with E-state index in [0.717, 1.165) is 50.8 Å². The van der Waals surface area contributed by atoms with Crippen molar-refractivity contribution in [1.29, 1.82) is 0 Å². The second kappa shape index (κ2) is 22.3. The molecule has 0 fully saturated rings. The summed E-state index contributed by atoms with van der Waals surface area (Å²) >= 11 is 8.97. The third-order valence-corrected chi connectivity index (χ3v) is 15.3. The van der Waals surface area contributed by atoms with Crippen LogP contribution in [0, 0.1) is 0 Å². The number of aromatic carboxylic acids is 1. The molecule has 25 nitrogen and oxygen atoms in total. The van der Waals surface area contributed by atoms with Crippen molar-refractivity contribution in [3.63, 3.8) is 0 Å². The number of halogens is 1. The van der Waals surface area contributed by atoms with Crippen LogP contribution in [0.1, 0.15) is 48.9 Å². The molecule has 0 aliphatic rings. The normalized spacial score (nSPS) is 11.1. The van der Waals surface area contributed by atoms with Crippen molar-refractivity contribution >= 4 is 152 Å². The lowest BCUT2D eigenvalue weighted by molar-refractivity contribution is 0.0518. The average molecular weight is 1190 g/mol. The quantitative estimate of drug-likeness (QED) is 0.121. The van der Waals surface area contributed by atoms with Crippen LogP contribution in [0.4, 0.5) is 5.69 Å². The minimum absolute atomic E-state index is 0.0287. The lowest BCUT2D eigenvalue weighted by Crippen LogP contribution is -2.12. The summed E-state index contributed by atoms with van der Waals surface area (Å²) in [7, 11) is 7.60. The van der Waals surface area contributed by atoms with Crippen molar-refractivity contribution in [2.45, 2.75) is 6.92 Å². The maximum Gasteiger partial charge on any atom is 0.358 e. The molecule has 30 heteroatoms. The molecule has 13 aromatic heterocycles. The average Bonchev–Trinajstić information content (AvgIpc) is 4.50. The van der Waals surface area contributed by atoms with Crippen molar-refractivity contribution < 1.29 is 52.7 Å². The molecule has 13 aromatic rings. The van der Waals surface area contributed by atoms with Gasteiger partial charge < -0.3 is 38.8 Å². The maximum absolute atomic E-state index is 12.4. The molecular formula is C48H37BrN14O11S4. The Morgan fingerprint density at radius 1 is 0.526 bits per heavy atom. The van der Waals surface area contributed by atoms with E-state index in [-0.39, 0.29) is 17.3 Å². The van der Waals surface area contributed by atoms with Gasteiger partial charge in [-0.15, -0.1) is 0 Å². The van der Waals surface area contributed by atoms with Crippen LogP contribution in [0.3, 0.4) is 0 Å². The van der Waals surface area contributed by atoms with E-state index in [1.54, 1.807) is 108 Å². The van der Waals surface area contributed by atoms with Crippen LogP contribution < -0.4 is 24.3 Å². The number of pyridine rings is 5. The van der Waals surface area contributed by atoms with E-state index in [1.165, 1.54) is 58.7 Å². The van der Waals surface area contributed by atoms with Gasteiger partial charge in [0, 0.05) is 59.7 Å². The van der Waals surface area contributed by atoms with Gasteiger partial charge in [-0.3, -0.25) is 27.4 Å². The molecule has 13 heterocycles. The van der Waals surface area contributed by atoms with Gasteiger partial charge in [0.05, 0.1) is 101 Å². The molecule has 0 spiro atoms. The molecule has 13 rings (SSSR count). The number of imidazole rings is 4. The number of anilines is 1. The van der Waals surface area contributed by atoms with Gasteiger partial charge >= 0.3 is 17.9 Å². The Bertz CT molecular complexity index is 4420. The monoisotopic (exact) mass is 1190 g/mol. The molecule has 396 valence electrons. The topological polar surface area (TPSA) is 290 Å². The summed E-state index contributed by atoms with van der Waals surface area (Å²) in [6.45, 7) is 2.12. The number of carbonyl (C=O) groups excluding carboxylic acids is 3. The number of aromatic nitrogens is 13. The van der Waals surface area contributed by atoms with Crippen LogP contribution in [-0.4, -0.2) is 134 Å². The molecule has 0 radical (unpaired) electrons. The number of esters is 2. The second-order valence-corrected chi connectivity index (χ2v) is 20.4. The third-order valence-electron chi connectivity index (χ3n) is 10.9. The van der Waals surface area contributed by atoms with E-state index in [4.69, 9.17) is 28.8 Å². The standard InChI is InChI=1S/C16H13N5O3S.C11H8BrN3O2S.C11H9N3O3S.C10H7N3O3S/c1-23-10-3-9(5-17-6-10)19-14(22)12-8-21-13-4-11(24-2)7-18-15(13)25-16(21)20-12;1-2-17-10(16)7-5-15-8-3-6(12)4-13-9(8)18-11(15)14-7;1-16-6-3-8-9(12-4-6)18-11-13-7(5-14(8)11)10(15)17-2;1-16-5-2-7-8(11-3-5)17-10-12-6(9(14)15)4-13(7)10/h3-8H,1-2H3,(H,19,22);3-5H,2H2,1H3;3-5H,1-2H3;2-4H,1H3,(H,14,15). The number of fused-ring (bicyclic) bond motifs is 12. The first-order valence-corrected chi connectivity index (χ1v) is 26.5. The SMILES string of the molecule is CCOC(=O)c1cn2c(n1)sc1ncc(Br)cc12.COC(=O)c1cn2c(n1)sc1ncc(OC)cc12.COc1cnc2sc3nc(C(=O)O)cn3c2c1.COc1cncc(NC(=O)c2cn3c(n2)sc2ncc(OC)cc23)c1. The Balaban J connectivity index is 0.000000119. The maximum atomic E-state index is 12.4. The molecule has 0 aliphatic carbocycles. The van der Waals surface area contributed by atoms with Gasteiger partial charge in [0.2, 0.25) is 0 Å². The van der Waals surface area contributed by atoms with Gasteiger partial charge in [0.1, 0.15) is 48.0 Å². The number of rotatable bonds is 10. The number of amides is 1. The fourth-order valence-electron chi connectivity index (χ4n) is 7.31. The third kappa shape index (κ3) is 10.6. The first kappa shape index (κ1) is 52.5. The van der Waals surface area contributed by atoms with Crippen LogP contribution >= 0.6 is 61.3 Å². The molecule has 1 amide bonds. The van der Waals surface area contributed by atoms with Crippen molar-refractivity contribution in [2.75, 3.05) is 47.5 Å². The lowest BCUT2D eigenvalue weighted by atomic mass is 10.3. The van der Waals surface area contributed by atoms with Crippen molar-refractivity contribution in [3.05, 3.63) is 120 Å². The van der Waals surface area contributed by atoms with Crippen LogP contribution in [0.2, 0.25) is 0 Å². The predicted octanol–water partition coefficient (Wildman–Crippen LogP) is 8.88. The zero-order valence-corrected chi connectivity index (χ0v) is 46.1. The Hall–Kier alpha value is -8.97. The molecular weight excluding hydrogens is 1160 g/mol. The molecule has 0 aromatic carbocycles. The van der Waals surface area contributed by atoms with Crippen LogP contribution in [-0.2, 0) is 9.47 Å². The summed E-state index contributed by atoms with van der Waals surface area (Å²) in [6.07, 6.45) is 16.3. The number of nitrogens with zero attached hydrogens (tertiary/aromatic N) is 13. The minimum atomic E-state index is -1.04. The van der Waals surface area contributed by atoms with E-state index in [9.17, 15) is 19.2 Å². The highest BCUT2D eigenvalue weighted by Crippen LogP contribution is 2.31. The zero-order valence-electron chi connectivity index (χ0n) is 41.2. The summed E-state index contributed by atoms with van der Waals surface area (Å²) in [4.78, 5) is 90.3. The summed E-state index contributed by atoms with van der Waals surface area (Å²) in [6, 6.07) is 9.16. The van der Waals surface area contributed by atoms with Crippen molar-refractivity contribution in [1.82, 2.24) is 62.5 Å². The van der Waals surface area contributed by atoms with E-state index < -0.39 is 17.9 Å². The Labute approximate surface area is 461 Å². The Morgan fingerprint density at radius 2 is 0.923 bits per heavy atom. The highest BCUT2D eigenvalue weighted by atomic mass is 79.9. The summed E-state index contributed by atoms with van der Waals surface area (Å²) in [5.41, 5.74) is 4.90. The summed E-state index contributed by atoms with van der Waals surface area (Å²) in [5.74, 6) is 0.291. The van der Waals surface area contributed by atoms with Crippen LogP contribution in [0.5, 0.6) is 23.0 Å². The van der Waals surface area contributed by atoms with Gasteiger partial charge in [-0.25, -0.2) is 54.3 Å². The number of carboxylic acid groups (broad SMARTS) is 1. The molecule has 0 bridgehead atoms. The molecule has 0 aliphatic heterocycles. The zero-order chi connectivity index (χ0) is 54.8. The van der Waals surface area contributed by atoms with Gasteiger partial charge in [0.15, 0.2) is 36.9 Å². The van der Waals surface area contributed by atoms with Crippen molar-refractivity contribution in [3.8, 4) is 23.0 Å². The molecule has 0 atom stereocenters. The fourth-order valence-corrected chi connectivity index (χ4v) is 11.4. The number of hydrogen-bond acceptors (Lipinski definition) is 23. The van der Waals surface area contributed by atoms with Crippen LogP contribution in [0.15, 0.2) is 96.8 Å². The Kier molecular flexibility index (Phi) is 15.0. The van der Waals surface area contributed by atoms with Gasteiger partial charge in [0.25, 0.3) is 5.91 Å². The second-order valence-electron chi connectivity index (χ2n) is 15.7.